The Balaban J connectivity index is 2.32. The summed E-state index contributed by atoms with van der Waals surface area (Å²) in [6.07, 6.45) is 3.97. The molecule has 0 aromatic carbocycles. The van der Waals surface area contributed by atoms with Crippen molar-refractivity contribution in [3.63, 3.8) is 0 Å². The summed E-state index contributed by atoms with van der Waals surface area (Å²) in [7, 11) is 0. The van der Waals surface area contributed by atoms with Gasteiger partial charge >= 0.3 is 0 Å². The van der Waals surface area contributed by atoms with E-state index in [1.807, 2.05) is 0 Å². The predicted octanol–water partition coefficient (Wildman–Crippen LogP) is 1.93. The summed E-state index contributed by atoms with van der Waals surface area (Å²) in [6.45, 7) is 8.58. The lowest BCUT2D eigenvalue weighted by Gasteiger charge is -2.30. The largest absolute Gasteiger partial charge is 0.353 e. The minimum Gasteiger partial charge on any atom is -0.353 e. The fourth-order valence-corrected chi connectivity index (χ4v) is 2.33. The van der Waals surface area contributed by atoms with E-state index in [4.69, 9.17) is 0 Å². The standard InChI is InChI=1S/C13H26N2O/c1-4-11(5-2)8-13(16)15-12-6-7-14-9-10(12)3/h10-12,14H,4-9H2,1-3H3,(H,15,16). The first-order valence-electron chi connectivity index (χ1n) is 6.67. The van der Waals surface area contributed by atoms with Gasteiger partial charge in [0.15, 0.2) is 0 Å². The molecule has 1 heterocycles. The van der Waals surface area contributed by atoms with Crippen LogP contribution in [-0.4, -0.2) is 25.0 Å². The van der Waals surface area contributed by atoms with Crippen LogP contribution in [-0.2, 0) is 4.79 Å². The lowest BCUT2D eigenvalue weighted by Crippen LogP contribution is -2.48. The molecule has 1 aliphatic rings. The van der Waals surface area contributed by atoms with Crippen molar-refractivity contribution in [3.8, 4) is 0 Å². The van der Waals surface area contributed by atoms with Crippen LogP contribution in [0.25, 0.3) is 0 Å². The second kappa shape index (κ2) is 6.89. The van der Waals surface area contributed by atoms with Crippen molar-refractivity contribution >= 4 is 5.91 Å². The lowest BCUT2D eigenvalue weighted by atomic mass is 9.94. The van der Waals surface area contributed by atoms with E-state index in [9.17, 15) is 4.79 Å². The molecule has 0 radical (unpaired) electrons. The summed E-state index contributed by atoms with van der Waals surface area (Å²) in [5.74, 6) is 1.35. The molecule has 16 heavy (non-hydrogen) atoms. The lowest BCUT2D eigenvalue weighted by molar-refractivity contribution is -0.123. The summed E-state index contributed by atoms with van der Waals surface area (Å²) < 4.78 is 0. The van der Waals surface area contributed by atoms with Crippen LogP contribution in [0.3, 0.4) is 0 Å². The second-order valence-corrected chi connectivity index (χ2v) is 5.03. The van der Waals surface area contributed by atoms with Gasteiger partial charge in [-0.2, -0.15) is 0 Å². The zero-order chi connectivity index (χ0) is 12.0. The number of hydrogen-bond donors (Lipinski definition) is 2. The molecule has 1 aliphatic heterocycles. The third-order valence-corrected chi connectivity index (χ3v) is 3.76. The first-order valence-corrected chi connectivity index (χ1v) is 6.67. The molecule has 1 amide bonds. The molecule has 0 saturated carbocycles. The normalized spacial score (nSPS) is 25.8. The Kier molecular flexibility index (Phi) is 5.81. The molecule has 2 atom stereocenters. The highest BCUT2D eigenvalue weighted by molar-refractivity contribution is 5.76. The summed E-state index contributed by atoms with van der Waals surface area (Å²) in [5, 5.41) is 6.54. The maximum atomic E-state index is 11.9. The van der Waals surface area contributed by atoms with Crippen molar-refractivity contribution in [1.29, 1.82) is 0 Å². The average Bonchev–Trinajstić information content (AvgIpc) is 2.29. The summed E-state index contributed by atoms with van der Waals surface area (Å²) in [5.41, 5.74) is 0. The number of carbonyl (C=O) groups is 1. The predicted molar refractivity (Wildman–Crippen MR) is 67.3 cm³/mol. The van der Waals surface area contributed by atoms with Gasteiger partial charge in [0.1, 0.15) is 0 Å². The van der Waals surface area contributed by atoms with E-state index in [1.54, 1.807) is 0 Å². The zero-order valence-corrected chi connectivity index (χ0v) is 10.9. The molecule has 2 unspecified atom stereocenters. The van der Waals surface area contributed by atoms with Crippen LogP contribution in [0.2, 0.25) is 0 Å². The molecular weight excluding hydrogens is 200 g/mol. The second-order valence-electron chi connectivity index (χ2n) is 5.03. The van der Waals surface area contributed by atoms with E-state index in [2.05, 4.69) is 31.4 Å². The molecule has 0 bridgehead atoms. The smallest absolute Gasteiger partial charge is 0.220 e. The number of rotatable bonds is 5. The highest BCUT2D eigenvalue weighted by Crippen LogP contribution is 2.14. The molecule has 0 aromatic rings. The van der Waals surface area contributed by atoms with Gasteiger partial charge in [-0.1, -0.05) is 33.6 Å². The minimum atomic E-state index is 0.243. The van der Waals surface area contributed by atoms with E-state index in [1.165, 1.54) is 0 Å². The number of amides is 1. The van der Waals surface area contributed by atoms with Gasteiger partial charge in [0.25, 0.3) is 0 Å². The van der Waals surface area contributed by atoms with E-state index in [0.29, 0.717) is 24.3 Å². The highest BCUT2D eigenvalue weighted by atomic mass is 16.1. The van der Waals surface area contributed by atoms with Crippen LogP contribution in [0.15, 0.2) is 0 Å². The summed E-state index contributed by atoms with van der Waals surface area (Å²) in [4.78, 5) is 11.9. The van der Waals surface area contributed by atoms with E-state index in [0.717, 1.165) is 32.4 Å². The Morgan fingerprint density at radius 3 is 2.69 bits per heavy atom. The van der Waals surface area contributed by atoms with Gasteiger partial charge in [0, 0.05) is 12.5 Å². The quantitative estimate of drug-likeness (QED) is 0.752. The van der Waals surface area contributed by atoms with E-state index >= 15 is 0 Å². The van der Waals surface area contributed by atoms with Crippen LogP contribution < -0.4 is 10.6 Å². The molecule has 2 N–H and O–H groups in total. The Morgan fingerprint density at radius 2 is 2.12 bits per heavy atom. The maximum absolute atomic E-state index is 11.9. The van der Waals surface area contributed by atoms with Gasteiger partial charge < -0.3 is 10.6 Å². The van der Waals surface area contributed by atoms with E-state index in [-0.39, 0.29) is 5.91 Å². The molecule has 1 rings (SSSR count). The molecule has 1 fully saturated rings. The Labute approximate surface area is 99.4 Å². The highest BCUT2D eigenvalue weighted by Gasteiger charge is 2.23. The monoisotopic (exact) mass is 226 g/mol. The van der Waals surface area contributed by atoms with Gasteiger partial charge in [-0.3, -0.25) is 4.79 Å². The summed E-state index contributed by atoms with van der Waals surface area (Å²) in [6, 6.07) is 0.378. The van der Waals surface area contributed by atoms with Gasteiger partial charge in [-0.25, -0.2) is 0 Å². The number of carbonyl (C=O) groups excluding carboxylic acids is 1. The van der Waals surface area contributed by atoms with E-state index < -0.39 is 0 Å². The van der Waals surface area contributed by atoms with Crippen LogP contribution in [0.5, 0.6) is 0 Å². The Bertz CT molecular complexity index is 214. The van der Waals surface area contributed by atoms with Crippen molar-refractivity contribution < 1.29 is 4.79 Å². The van der Waals surface area contributed by atoms with Crippen LogP contribution in [0, 0.1) is 11.8 Å². The molecule has 1 saturated heterocycles. The average molecular weight is 226 g/mol. The van der Waals surface area contributed by atoms with Gasteiger partial charge in [0.2, 0.25) is 5.91 Å². The number of nitrogens with one attached hydrogen (secondary N) is 2. The van der Waals surface area contributed by atoms with Crippen molar-refractivity contribution in [2.75, 3.05) is 13.1 Å². The Hall–Kier alpha value is -0.570. The maximum Gasteiger partial charge on any atom is 0.220 e. The molecule has 0 aliphatic carbocycles. The minimum absolute atomic E-state index is 0.243. The molecule has 3 heteroatoms. The topological polar surface area (TPSA) is 41.1 Å². The fourth-order valence-electron chi connectivity index (χ4n) is 2.33. The fraction of sp³-hybridized carbons (Fsp3) is 0.923. The van der Waals surface area contributed by atoms with Crippen molar-refractivity contribution in [3.05, 3.63) is 0 Å². The zero-order valence-electron chi connectivity index (χ0n) is 10.9. The van der Waals surface area contributed by atoms with Crippen LogP contribution >= 0.6 is 0 Å². The molecule has 0 spiro atoms. The van der Waals surface area contributed by atoms with Crippen molar-refractivity contribution in [2.24, 2.45) is 11.8 Å². The van der Waals surface area contributed by atoms with Crippen molar-refractivity contribution in [2.45, 2.75) is 52.5 Å². The van der Waals surface area contributed by atoms with Gasteiger partial charge in [0.05, 0.1) is 0 Å². The molecule has 3 nitrogen and oxygen atoms in total. The van der Waals surface area contributed by atoms with Gasteiger partial charge in [-0.15, -0.1) is 0 Å². The number of hydrogen-bond acceptors (Lipinski definition) is 2. The first-order chi connectivity index (χ1) is 7.67. The SMILES string of the molecule is CCC(CC)CC(=O)NC1CCNCC1C. The van der Waals surface area contributed by atoms with Gasteiger partial charge in [-0.05, 0) is 31.3 Å². The van der Waals surface area contributed by atoms with Crippen LogP contribution in [0.4, 0.5) is 0 Å². The van der Waals surface area contributed by atoms with Crippen LogP contribution in [0.1, 0.15) is 46.5 Å². The summed E-state index contributed by atoms with van der Waals surface area (Å²) >= 11 is 0. The van der Waals surface area contributed by atoms with Crippen molar-refractivity contribution in [1.82, 2.24) is 10.6 Å². The first kappa shape index (κ1) is 13.5. The third kappa shape index (κ3) is 4.12. The number of piperidine rings is 1. The molecule has 0 aromatic heterocycles. The third-order valence-electron chi connectivity index (χ3n) is 3.76. The Morgan fingerprint density at radius 1 is 1.44 bits per heavy atom. The molecular formula is C13H26N2O. The molecule has 94 valence electrons.